The summed E-state index contributed by atoms with van der Waals surface area (Å²) in [5.41, 5.74) is 0. The second-order valence-corrected chi connectivity index (χ2v) is 10.9. The summed E-state index contributed by atoms with van der Waals surface area (Å²) in [6.45, 7) is 5.37. The standard InChI is InChI=1S/2C2H5O.O.2Sn.2H/c2*1-2-3;;;;;/h2*2H2,1H3;;;;;/q2*-1;;;+2;;. The zero-order chi connectivity index (χ0) is 7.11. The van der Waals surface area contributed by atoms with Crippen LogP contribution < -0.4 is 0 Å². The van der Waals surface area contributed by atoms with Crippen molar-refractivity contribution in [2.45, 2.75) is 13.8 Å². The quantitative estimate of drug-likeness (QED) is 0.635. The molecule has 5 heteroatoms. The van der Waals surface area contributed by atoms with Gasteiger partial charge in [0.25, 0.3) is 0 Å². The fourth-order valence-corrected chi connectivity index (χ4v) is 5.68. The molecule has 0 aliphatic rings. The van der Waals surface area contributed by atoms with Crippen LogP contribution in [0.1, 0.15) is 13.8 Å². The van der Waals surface area contributed by atoms with E-state index in [0.717, 1.165) is 36.2 Å². The molecular weight excluding hydrogens is 333 g/mol. The Bertz CT molecular complexity index is 55.8. The molecule has 0 aromatic rings. The number of hydrogen-bond acceptors (Lipinski definition) is 3. The summed E-state index contributed by atoms with van der Waals surface area (Å²) in [6, 6.07) is 0. The van der Waals surface area contributed by atoms with Crippen molar-refractivity contribution in [1.29, 1.82) is 0 Å². The Morgan fingerprint density at radius 2 is 1.67 bits per heavy atom. The summed E-state index contributed by atoms with van der Waals surface area (Å²) in [6.07, 6.45) is 0. The zero-order valence-corrected chi connectivity index (χ0v) is 12.4. The minimum atomic E-state index is -2.28. The van der Waals surface area contributed by atoms with E-state index in [0.29, 0.717) is 0 Å². The minimum absolute atomic E-state index is 0.724. The molecule has 3 nitrogen and oxygen atoms in total. The van der Waals surface area contributed by atoms with E-state index in [-0.39, 0.29) is 0 Å². The predicted molar refractivity (Wildman–Crippen MR) is 38.6 cm³/mol. The number of rotatable bonds is 5. The molecule has 0 saturated carbocycles. The number of hydrogen-bond donors (Lipinski definition) is 0. The summed E-state index contributed by atoms with van der Waals surface area (Å²) in [7, 11) is 0. The first kappa shape index (κ1) is 10.5. The second kappa shape index (κ2) is 7.58. The van der Waals surface area contributed by atoms with Crippen molar-refractivity contribution >= 4 is 43.9 Å². The van der Waals surface area contributed by atoms with Crippen LogP contribution in [-0.4, -0.2) is 57.2 Å². The molecule has 0 heterocycles. The van der Waals surface area contributed by atoms with Gasteiger partial charge in [0.1, 0.15) is 0 Å². The van der Waals surface area contributed by atoms with Gasteiger partial charge in [0, 0.05) is 0 Å². The van der Waals surface area contributed by atoms with Gasteiger partial charge >= 0.3 is 78.6 Å². The average Bonchev–Trinajstić information content (AvgIpc) is 1.88. The van der Waals surface area contributed by atoms with Gasteiger partial charge in [-0.1, -0.05) is 0 Å². The van der Waals surface area contributed by atoms with Gasteiger partial charge < -0.3 is 0 Å². The molecule has 0 atom stereocenters. The van der Waals surface area contributed by atoms with E-state index < -0.39 is 21.0 Å². The van der Waals surface area contributed by atoms with Crippen molar-refractivity contribution in [2.75, 3.05) is 13.2 Å². The molecule has 0 bridgehead atoms. The third-order valence-corrected chi connectivity index (χ3v) is 9.06. The molecule has 0 aromatic carbocycles. The van der Waals surface area contributed by atoms with Crippen LogP contribution in [0, 0.1) is 0 Å². The Kier molecular flexibility index (Phi) is 8.83. The monoisotopic (exact) mass is 348 g/mol. The van der Waals surface area contributed by atoms with Crippen molar-refractivity contribution in [3.63, 3.8) is 0 Å². The summed E-state index contributed by atoms with van der Waals surface area (Å²) < 4.78 is 15.6. The molecule has 0 amide bonds. The predicted octanol–water partition coefficient (Wildman–Crippen LogP) is -0.391. The van der Waals surface area contributed by atoms with Gasteiger partial charge in [-0.05, 0) is 0 Å². The molecule has 0 rings (SSSR count). The first-order chi connectivity index (χ1) is 4.35. The van der Waals surface area contributed by atoms with Crippen LogP contribution in [0.2, 0.25) is 0 Å². The molecule has 2 radical (unpaired) electrons. The Balaban J connectivity index is 3.18. The van der Waals surface area contributed by atoms with Gasteiger partial charge in [-0.25, -0.2) is 0 Å². The van der Waals surface area contributed by atoms with Gasteiger partial charge in [-0.2, -0.15) is 0 Å². The van der Waals surface area contributed by atoms with E-state index in [1.54, 1.807) is 0 Å². The second-order valence-electron chi connectivity index (χ2n) is 1.34. The summed E-state index contributed by atoms with van der Waals surface area (Å²) >= 11 is -1.48. The van der Waals surface area contributed by atoms with E-state index in [1.165, 1.54) is 0 Å². The molecule has 0 unspecified atom stereocenters. The van der Waals surface area contributed by atoms with Crippen LogP contribution in [0.4, 0.5) is 0 Å². The molecule has 0 fully saturated rings. The van der Waals surface area contributed by atoms with Crippen molar-refractivity contribution < 1.29 is 7.56 Å². The normalized spacial score (nSPS) is 10.7. The van der Waals surface area contributed by atoms with Crippen LogP contribution in [0.15, 0.2) is 0 Å². The van der Waals surface area contributed by atoms with Crippen LogP contribution in [0.5, 0.6) is 0 Å². The fraction of sp³-hybridized carbons (Fsp3) is 1.00. The summed E-state index contributed by atoms with van der Waals surface area (Å²) in [5.74, 6) is 0. The van der Waals surface area contributed by atoms with Crippen molar-refractivity contribution in [3.8, 4) is 0 Å². The van der Waals surface area contributed by atoms with E-state index in [4.69, 9.17) is 7.56 Å². The van der Waals surface area contributed by atoms with Gasteiger partial charge in [-0.15, -0.1) is 0 Å². The van der Waals surface area contributed by atoms with Crippen molar-refractivity contribution in [2.24, 2.45) is 0 Å². The van der Waals surface area contributed by atoms with Crippen LogP contribution in [-0.2, 0) is 7.56 Å². The third kappa shape index (κ3) is 5.90. The van der Waals surface area contributed by atoms with E-state index in [9.17, 15) is 0 Å². The van der Waals surface area contributed by atoms with Crippen LogP contribution in [0.3, 0.4) is 0 Å². The Morgan fingerprint density at radius 1 is 1.22 bits per heavy atom. The molecular formula is C4H12O3Sn2. The maximum atomic E-state index is 5.23. The first-order valence-corrected chi connectivity index (χ1v) is 8.32. The summed E-state index contributed by atoms with van der Waals surface area (Å²) in [5, 5.41) is 0. The fourth-order valence-electron chi connectivity index (χ4n) is 0.399. The SMILES string of the molecule is CC[O][SnH]([O][SnH])[O]CC. The molecule has 0 aromatic heterocycles. The maximum absolute atomic E-state index is 5.23. The Morgan fingerprint density at radius 3 is 1.89 bits per heavy atom. The molecule has 0 aliphatic carbocycles. The van der Waals surface area contributed by atoms with E-state index in [2.05, 4.69) is 0 Å². The molecule has 0 aliphatic heterocycles. The van der Waals surface area contributed by atoms with Crippen LogP contribution in [0.25, 0.3) is 0 Å². The van der Waals surface area contributed by atoms with Crippen molar-refractivity contribution in [3.05, 3.63) is 0 Å². The average molecular weight is 346 g/mol. The Labute approximate surface area is 78.1 Å². The van der Waals surface area contributed by atoms with E-state index >= 15 is 0 Å². The van der Waals surface area contributed by atoms with Crippen LogP contribution >= 0.6 is 0 Å². The first-order valence-electron chi connectivity index (χ1n) is 2.93. The van der Waals surface area contributed by atoms with Gasteiger partial charge in [-0.3, -0.25) is 0 Å². The van der Waals surface area contributed by atoms with E-state index in [1.807, 2.05) is 13.8 Å². The van der Waals surface area contributed by atoms with Crippen molar-refractivity contribution in [1.82, 2.24) is 0 Å². The zero-order valence-electron chi connectivity index (χ0n) is 5.79. The topological polar surface area (TPSA) is 27.7 Å². The third-order valence-electron chi connectivity index (χ3n) is 0.717. The van der Waals surface area contributed by atoms with Gasteiger partial charge in [0.15, 0.2) is 0 Å². The molecule has 0 spiro atoms. The molecule has 54 valence electrons. The molecule has 0 saturated heterocycles. The van der Waals surface area contributed by atoms with Gasteiger partial charge in [0.2, 0.25) is 0 Å². The Hall–Kier alpha value is 1.48. The summed E-state index contributed by atoms with van der Waals surface area (Å²) in [4.78, 5) is 0. The molecule has 9 heavy (non-hydrogen) atoms. The van der Waals surface area contributed by atoms with Gasteiger partial charge in [0.05, 0.1) is 0 Å². The molecule has 0 N–H and O–H groups in total.